The van der Waals surface area contributed by atoms with E-state index in [9.17, 15) is 4.79 Å². The van der Waals surface area contributed by atoms with Crippen LogP contribution in [-0.4, -0.2) is 33.9 Å². The van der Waals surface area contributed by atoms with Crippen LogP contribution in [0.1, 0.15) is 62.9 Å². The first-order chi connectivity index (χ1) is 22.5. The summed E-state index contributed by atoms with van der Waals surface area (Å²) < 4.78 is 20.4. The van der Waals surface area contributed by atoms with Crippen LogP contribution in [0.5, 0.6) is 11.5 Å². The number of halogens is 2. The van der Waals surface area contributed by atoms with Crippen molar-refractivity contribution >= 4 is 51.2 Å². The van der Waals surface area contributed by atoms with Crippen molar-refractivity contribution in [2.75, 3.05) is 18.5 Å². The molecule has 0 fully saturated rings. The van der Waals surface area contributed by atoms with Crippen LogP contribution >= 0.6 is 39.3 Å². The molecule has 1 aromatic heterocycles. The van der Waals surface area contributed by atoms with Gasteiger partial charge in [0, 0.05) is 16.5 Å². The average molecular weight is 738 g/mol. The molecule has 1 N–H and O–H groups in total. The molecule has 1 aliphatic rings. The van der Waals surface area contributed by atoms with E-state index in [1.165, 1.54) is 23.4 Å². The zero-order chi connectivity index (χ0) is 33.7. The fraction of sp³-hybridized carbons (Fsp3) is 0.306. The van der Waals surface area contributed by atoms with Gasteiger partial charge in [0.25, 0.3) is 0 Å². The number of aromatic nitrogens is 3. The lowest BCUT2D eigenvalue weighted by Gasteiger charge is -2.29. The summed E-state index contributed by atoms with van der Waals surface area (Å²) in [6.45, 7) is 14.9. The maximum absolute atomic E-state index is 13.5. The van der Waals surface area contributed by atoms with Gasteiger partial charge in [-0.2, -0.15) is 4.98 Å². The number of hydrogen-bond acceptors (Lipinski definition) is 8. The van der Waals surface area contributed by atoms with Crippen LogP contribution in [0.15, 0.2) is 94.2 Å². The summed E-state index contributed by atoms with van der Waals surface area (Å²) in [5.74, 6) is 1.70. The molecule has 47 heavy (non-hydrogen) atoms. The molecule has 4 aromatic rings. The third-order valence-electron chi connectivity index (χ3n) is 7.55. The van der Waals surface area contributed by atoms with Gasteiger partial charge in [-0.15, -0.1) is 5.10 Å². The molecule has 0 saturated carbocycles. The zero-order valence-corrected chi connectivity index (χ0v) is 30.3. The normalized spacial score (nSPS) is 14.3. The lowest BCUT2D eigenvalue weighted by atomic mass is 9.87. The Labute approximate surface area is 293 Å². The number of nitrogens with one attached hydrogen (secondary N) is 1. The van der Waals surface area contributed by atoms with Gasteiger partial charge in [-0.3, -0.25) is 0 Å². The number of nitrogens with zero attached hydrogens (tertiary/aromatic N) is 3. The van der Waals surface area contributed by atoms with Crippen molar-refractivity contribution in [3.63, 3.8) is 0 Å². The van der Waals surface area contributed by atoms with Crippen molar-refractivity contribution in [2.24, 2.45) is 0 Å². The van der Waals surface area contributed by atoms with Gasteiger partial charge in [-0.05, 0) is 75.6 Å². The number of allylic oxidation sites excluding steroid dienone is 1. The quantitative estimate of drug-likeness (QED) is 0.0875. The highest BCUT2D eigenvalue weighted by Gasteiger charge is 2.36. The SMILES string of the molecule is C=CCOC(=O)C1=C(C)Nc2nc(SCc3ccccc3Cl)nn2C1c1cc(Br)c(OCc2ccc(C(C)(C)C)cc2)c(OCC)c1. The second kappa shape index (κ2) is 15.0. The molecular formula is C36H38BrClN4O4S. The highest BCUT2D eigenvalue weighted by atomic mass is 79.9. The van der Waals surface area contributed by atoms with Gasteiger partial charge in [-0.1, -0.05) is 99.3 Å². The standard InChI is InChI=1S/C36H38BrClN4O4S/c1-7-17-45-33(43)30-22(3)39-34-40-35(47-21-24-11-9-10-12-28(24)38)41-42(34)31(30)25-18-27(37)32(29(19-25)44-8-2)46-20-23-13-15-26(16-14-23)36(4,5)6/h7,9-16,18-19,31H,1,8,17,20-21H2,2-6H3,(H,39,40,41). The first kappa shape index (κ1) is 34.6. The van der Waals surface area contributed by atoms with Crippen molar-refractivity contribution in [1.82, 2.24) is 14.8 Å². The molecule has 0 bridgehead atoms. The Bertz CT molecular complexity index is 1800. The maximum atomic E-state index is 13.5. The highest BCUT2D eigenvalue weighted by molar-refractivity contribution is 9.10. The molecule has 246 valence electrons. The van der Waals surface area contributed by atoms with E-state index in [4.69, 9.17) is 35.9 Å². The monoisotopic (exact) mass is 736 g/mol. The summed E-state index contributed by atoms with van der Waals surface area (Å²) in [6, 6.07) is 19.3. The minimum absolute atomic E-state index is 0.0673. The number of carbonyl (C=O) groups is 1. The summed E-state index contributed by atoms with van der Waals surface area (Å²) in [4.78, 5) is 18.3. The van der Waals surface area contributed by atoms with Crippen LogP contribution in [0.25, 0.3) is 0 Å². The van der Waals surface area contributed by atoms with E-state index in [0.717, 1.165) is 16.7 Å². The van der Waals surface area contributed by atoms with Crippen LogP contribution in [0.4, 0.5) is 5.95 Å². The number of ether oxygens (including phenoxy) is 3. The van der Waals surface area contributed by atoms with E-state index in [1.54, 1.807) is 4.68 Å². The second-order valence-electron chi connectivity index (χ2n) is 12.0. The van der Waals surface area contributed by atoms with E-state index >= 15 is 0 Å². The Kier molecular flexibility index (Phi) is 11.0. The Balaban J connectivity index is 1.50. The van der Waals surface area contributed by atoms with Gasteiger partial charge in [0.1, 0.15) is 19.3 Å². The molecular weight excluding hydrogens is 700 g/mol. The molecule has 0 aliphatic carbocycles. The smallest absolute Gasteiger partial charge is 0.338 e. The molecule has 5 rings (SSSR count). The molecule has 0 saturated heterocycles. The van der Waals surface area contributed by atoms with Crippen molar-refractivity contribution in [2.45, 2.75) is 63.6 Å². The van der Waals surface area contributed by atoms with Crippen LogP contribution in [0.3, 0.4) is 0 Å². The minimum Gasteiger partial charge on any atom is -0.490 e. The third-order valence-corrected chi connectivity index (χ3v) is 9.39. The Morgan fingerprint density at radius 3 is 2.57 bits per heavy atom. The Hall–Kier alpha value is -3.73. The van der Waals surface area contributed by atoms with E-state index in [1.807, 2.05) is 50.2 Å². The summed E-state index contributed by atoms with van der Waals surface area (Å²) in [6.07, 6.45) is 1.54. The fourth-order valence-electron chi connectivity index (χ4n) is 5.14. The van der Waals surface area contributed by atoms with Crippen molar-refractivity contribution < 1.29 is 19.0 Å². The topological polar surface area (TPSA) is 87.5 Å². The van der Waals surface area contributed by atoms with Gasteiger partial charge in [0.15, 0.2) is 11.5 Å². The molecule has 11 heteroatoms. The van der Waals surface area contributed by atoms with Gasteiger partial charge >= 0.3 is 5.97 Å². The molecule has 0 spiro atoms. The predicted molar refractivity (Wildman–Crippen MR) is 191 cm³/mol. The van der Waals surface area contributed by atoms with Crippen LogP contribution in [-0.2, 0) is 27.3 Å². The lowest BCUT2D eigenvalue weighted by molar-refractivity contribution is -0.138. The van der Waals surface area contributed by atoms with Crippen LogP contribution in [0, 0.1) is 0 Å². The number of fused-ring (bicyclic) bond motifs is 1. The number of esters is 1. The zero-order valence-electron chi connectivity index (χ0n) is 27.1. The molecule has 3 aromatic carbocycles. The number of carbonyl (C=O) groups excluding carboxylic acids is 1. The lowest BCUT2D eigenvalue weighted by Crippen LogP contribution is -2.29. The van der Waals surface area contributed by atoms with Gasteiger partial charge in [-0.25, -0.2) is 9.48 Å². The van der Waals surface area contributed by atoms with Gasteiger partial charge in [0.2, 0.25) is 11.1 Å². The number of thioether (sulfide) groups is 1. The number of hydrogen-bond donors (Lipinski definition) is 1. The van der Waals surface area contributed by atoms with Crippen molar-refractivity contribution in [3.05, 3.63) is 116 Å². The third kappa shape index (κ3) is 8.05. The molecule has 1 unspecified atom stereocenters. The highest BCUT2D eigenvalue weighted by Crippen LogP contribution is 2.44. The largest absolute Gasteiger partial charge is 0.490 e. The Morgan fingerprint density at radius 1 is 1.15 bits per heavy atom. The molecule has 8 nitrogen and oxygen atoms in total. The molecule has 2 heterocycles. The first-order valence-corrected chi connectivity index (χ1v) is 17.4. The summed E-state index contributed by atoms with van der Waals surface area (Å²) in [7, 11) is 0. The van der Waals surface area contributed by atoms with E-state index in [0.29, 0.717) is 62.3 Å². The summed E-state index contributed by atoms with van der Waals surface area (Å²) >= 11 is 11.6. The molecule has 1 atom stereocenters. The number of benzene rings is 3. The minimum atomic E-state index is -0.666. The van der Waals surface area contributed by atoms with Gasteiger partial charge in [0.05, 0.1) is 16.7 Å². The number of anilines is 1. The van der Waals surface area contributed by atoms with E-state index < -0.39 is 12.0 Å². The average Bonchev–Trinajstić information content (AvgIpc) is 3.44. The van der Waals surface area contributed by atoms with Crippen LogP contribution in [0.2, 0.25) is 5.02 Å². The predicted octanol–water partition coefficient (Wildman–Crippen LogP) is 9.28. The van der Waals surface area contributed by atoms with Gasteiger partial charge < -0.3 is 19.5 Å². The Morgan fingerprint density at radius 2 is 1.89 bits per heavy atom. The molecule has 0 radical (unpaired) electrons. The summed E-state index contributed by atoms with van der Waals surface area (Å²) in [5.41, 5.74) is 5.08. The fourth-order valence-corrected chi connectivity index (χ4v) is 6.83. The van der Waals surface area contributed by atoms with E-state index in [2.05, 4.69) is 72.9 Å². The first-order valence-electron chi connectivity index (χ1n) is 15.3. The molecule has 1 aliphatic heterocycles. The molecule has 0 amide bonds. The van der Waals surface area contributed by atoms with Crippen LogP contribution < -0.4 is 14.8 Å². The number of rotatable bonds is 12. The van der Waals surface area contributed by atoms with E-state index in [-0.39, 0.29) is 12.0 Å². The van der Waals surface area contributed by atoms with Crippen molar-refractivity contribution in [3.8, 4) is 11.5 Å². The second-order valence-corrected chi connectivity index (χ2v) is 14.2. The maximum Gasteiger partial charge on any atom is 0.338 e. The summed E-state index contributed by atoms with van der Waals surface area (Å²) in [5, 5.41) is 9.31. The van der Waals surface area contributed by atoms with Crippen molar-refractivity contribution in [1.29, 1.82) is 0 Å².